The maximum atomic E-state index is 13.3. The molecular formula is C12H14BrFN2O. The lowest BCUT2D eigenvalue weighted by Gasteiger charge is -2.16. The number of hydrogen-bond donors (Lipinski definition) is 2. The largest absolute Gasteiger partial charge is 0.374 e. The average Bonchev–Trinajstić information content (AvgIpc) is 2.50. The summed E-state index contributed by atoms with van der Waals surface area (Å²) in [6, 6.07) is 4.51. The van der Waals surface area contributed by atoms with E-state index in [1.165, 1.54) is 6.07 Å². The standard InChI is InChI=1S/C12H14BrFN2O/c13-9-5-4-8(7-10(9)14)16-11-3-1-2-6-15-12(11)17/h4-5,7,11,16H,1-3,6H2,(H,15,17). The molecule has 1 fully saturated rings. The van der Waals surface area contributed by atoms with E-state index in [0.717, 1.165) is 25.8 Å². The van der Waals surface area contributed by atoms with Crippen molar-refractivity contribution >= 4 is 27.5 Å². The van der Waals surface area contributed by atoms with Crippen molar-refractivity contribution in [1.82, 2.24) is 5.32 Å². The molecule has 17 heavy (non-hydrogen) atoms. The van der Waals surface area contributed by atoms with Gasteiger partial charge >= 0.3 is 0 Å². The molecule has 0 radical (unpaired) electrons. The Hall–Kier alpha value is -1.10. The van der Waals surface area contributed by atoms with Crippen LogP contribution in [0.25, 0.3) is 0 Å². The Morgan fingerprint density at radius 2 is 2.24 bits per heavy atom. The monoisotopic (exact) mass is 300 g/mol. The summed E-state index contributed by atoms with van der Waals surface area (Å²) in [4.78, 5) is 11.7. The second kappa shape index (κ2) is 5.49. The highest BCUT2D eigenvalue weighted by atomic mass is 79.9. The number of nitrogens with one attached hydrogen (secondary N) is 2. The van der Waals surface area contributed by atoms with Crippen LogP contribution in [0.1, 0.15) is 19.3 Å². The van der Waals surface area contributed by atoms with Crippen molar-refractivity contribution in [2.75, 3.05) is 11.9 Å². The molecule has 92 valence electrons. The summed E-state index contributed by atoms with van der Waals surface area (Å²) in [5.41, 5.74) is 0.632. The van der Waals surface area contributed by atoms with Crippen molar-refractivity contribution < 1.29 is 9.18 Å². The summed E-state index contributed by atoms with van der Waals surface area (Å²) >= 11 is 3.10. The SMILES string of the molecule is O=C1NCCCCC1Nc1ccc(Br)c(F)c1. The van der Waals surface area contributed by atoms with Gasteiger partial charge in [0.2, 0.25) is 5.91 Å². The van der Waals surface area contributed by atoms with Gasteiger partial charge in [-0.15, -0.1) is 0 Å². The summed E-state index contributed by atoms with van der Waals surface area (Å²) in [6.07, 6.45) is 2.78. The highest BCUT2D eigenvalue weighted by molar-refractivity contribution is 9.10. The van der Waals surface area contributed by atoms with Gasteiger partial charge in [-0.05, 0) is 53.4 Å². The van der Waals surface area contributed by atoms with Gasteiger partial charge in [0.1, 0.15) is 11.9 Å². The van der Waals surface area contributed by atoms with Gasteiger partial charge in [0.15, 0.2) is 0 Å². The summed E-state index contributed by atoms with van der Waals surface area (Å²) in [5, 5.41) is 5.90. The third-order valence-corrected chi connectivity index (χ3v) is 3.44. The maximum absolute atomic E-state index is 13.3. The minimum atomic E-state index is -0.330. The van der Waals surface area contributed by atoms with Gasteiger partial charge in [-0.1, -0.05) is 0 Å². The molecule has 1 aromatic carbocycles. The first-order chi connectivity index (χ1) is 8.16. The van der Waals surface area contributed by atoms with Crippen LogP contribution in [0.15, 0.2) is 22.7 Å². The summed E-state index contributed by atoms with van der Waals surface area (Å²) in [5.74, 6) is -0.338. The van der Waals surface area contributed by atoms with Crippen LogP contribution in [0.4, 0.5) is 10.1 Å². The number of hydrogen-bond acceptors (Lipinski definition) is 2. The molecule has 1 aliphatic heterocycles. The van der Waals surface area contributed by atoms with Crippen LogP contribution in [0.3, 0.4) is 0 Å². The van der Waals surface area contributed by atoms with E-state index < -0.39 is 0 Å². The summed E-state index contributed by atoms with van der Waals surface area (Å²) < 4.78 is 13.7. The first kappa shape index (κ1) is 12.4. The van der Waals surface area contributed by atoms with E-state index in [-0.39, 0.29) is 17.8 Å². The third-order valence-electron chi connectivity index (χ3n) is 2.80. The number of rotatable bonds is 2. The Balaban J connectivity index is 2.08. The lowest BCUT2D eigenvalue weighted by Crippen LogP contribution is -2.37. The quantitative estimate of drug-likeness (QED) is 0.882. The highest BCUT2D eigenvalue weighted by Gasteiger charge is 2.20. The molecule has 1 atom stereocenters. The zero-order chi connectivity index (χ0) is 12.3. The molecule has 2 N–H and O–H groups in total. The van der Waals surface area contributed by atoms with Crippen LogP contribution in [-0.4, -0.2) is 18.5 Å². The predicted molar refractivity (Wildman–Crippen MR) is 68.4 cm³/mol. The zero-order valence-electron chi connectivity index (χ0n) is 9.30. The Bertz CT molecular complexity index is 425. The fraction of sp³-hybridized carbons (Fsp3) is 0.417. The number of halogens is 2. The minimum absolute atomic E-state index is 0.00849. The molecule has 0 spiro atoms. The normalized spacial score (nSPS) is 20.6. The molecule has 1 aromatic rings. The Kier molecular flexibility index (Phi) is 3.99. The lowest BCUT2D eigenvalue weighted by molar-refractivity contribution is -0.121. The molecule has 0 bridgehead atoms. The van der Waals surface area contributed by atoms with Crippen LogP contribution in [0, 0.1) is 5.82 Å². The van der Waals surface area contributed by atoms with Gasteiger partial charge in [0, 0.05) is 12.2 Å². The Morgan fingerprint density at radius 1 is 1.41 bits per heavy atom. The van der Waals surface area contributed by atoms with Crippen molar-refractivity contribution in [3.05, 3.63) is 28.5 Å². The molecule has 1 saturated heterocycles. The smallest absolute Gasteiger partial charge is 0.242 e. The fourth-order valence-corrected chi connectivity index (χ4v) is 2.11. The number of carbonyl (C=O) groups is 1. The van der Waals surface area contributed by atoms with Crippen molar-refractivity contribution in [3.63, 3.8) is 0 Å². The molecule has 2 rings (SSSR count). The number of carbonyl (C=O) groups excluding carboxylic acids is 1. The van der Waals surface area contributed by atoms with E-state index in [0.29, 0.717) is 10.2 Å². The van der Waals surface area contributed by atoms with Gasteiger partial charge in [0.05, 0.1) is 4.47 Å². The highest BCUT2D eigenvalue weighted by Crippen LogP contribution is 2.21. The van der Waals surface area contributed by atoms with Crippen LogP contribution in [0.5, 0.6) is 0 Å². The van der Waals surface area contributed by atoms with E-state index in [1.807, 2.05) is 0 Å². The fourth-order valence-electron chi connectivity index (χ4n) is 1.86. The lowest BCUT2D eigenvalue weighted by atomic mass is 10.1. The van der Waals surface area contributed by atoms with Gasteiger partial charge < -0.3 is 10.6 Å². The average molecular weight is 301 g/mol. The second-order valence-electron chi connectivity index (χ2n) is 4.11. The summed E-state index contributed by atoms with van der Waals surface area (Å²) in [7, 11) is 0. The van der Waals surface area contributed by atoms with Crippen molar-refractivity contribution in [2.45, 2.75) is 25.3 Å². The van der Waals surface area contributed by atoms with Gasteiger partial charge in [-0.25, -0.2) is 4.39 Å². The number of amides is 1. The topological polar surface area (TPSA) is 41.1 Å². The van der Waals surface area contributed by atoms with Gasteiger partial charge in [-0.2, -0.15) is 0 Å². The number of anilines is 1. The van der Waals surface area contributed by atoms with E-state index in [4.69, 9.17) is 0 Å². The van der Waals surface area contributed by atoms with E-state index in [9.17, 15) is 9.18 Å². The van der Waals surface area contributed by atoms with Crippen LogP contribution in [0.2, 0.25) is 0 Å². The molecule has 5 heteroatoms. The first-order valence-corrected chi connectivity index (χ1v) is 6.45. The first-order valence-electron chi connectivity index (χ1n) is 5.66. The van der Waals surface area contributed by atoms with Crippen LogP contribution in [-0.2, 0) is 4.79 Å². The van der Waals surface area contributed by atoms with E-state index in [1.54, 1.807) is 12.1 Å². The molecule has 1 heterocycles. The Morgan fingerprint density at radius 3 is 3.00 bits per heavy atom. The molecule has 0 aromatic heterocycles. The summed E-state index contributed by atoms with van der Waals surface area (Å²) in [6.45, 7) is 0.728. The zero-order valence-corrected chi connectivity index (χ0v) is 10.9. The van der Waals surface area contributed by atoms with E-state index in [2.05, 4.69) is 26.6 Å². The molecule has 1 amide bonds. The minimum Gasteiger partial charge on any atom is -0.374 e. The van der Waals surface area contributed by atoms with Crippen molar-refractivity contribution in [1.29, 1.82) is 0 Å². The van der Waals surface area contributed by atoms with Crippen LogP contribution >= 0.6 is 15.9 Å². The number of benzene rings is 1. The molecule has 1 aliphatic rings. The van der Waals surface area contributed by atoms with Gasteiger partial charge in [-0.3, -0.25) is 4.79 Å². The molecule has 3 nitrogen and oxygen atoms in total. The molecule has 0 saturated carbocycles. The second-order valence-corrected chi connectivity index (χ2v) is 4.97. The molecular weight excluding hydrogens is 287 g/mol. The molecule has 0 aliphatic carbocycles. The molecule has 1 unspecified atom stereocenters. The predicted octanol–water partition coefficient (Wildman–Crippen LogP) is 2.67. The van der Waals surface area contributed by atoms with Crippen LogP contribution < -0.4 is 10.6 Å². The maximum Gasteiger partial charge on any atom is 0.242 e. The Labute approximate surface area is 108 Å². The van der Waals surface area contributed by atoms with Gasteiger partial charge in [0.25, 0.3) is 0 Å². The third kappa shape index (κ3) is 3.19. The van der Waals surface area contributed by atoms with E-state index >= 15 is 0 Å². The van der Waals surface area contributed by atoms with Crippen molar-refractivity contribution in [2.24, 2.45) is 0 Å². The van der Waals surface area contributed by atoms with Crippen molar-refractivity contribution in [3.8, 4) is 0 Å².